The summed E-state index contributed by atoms with van der Waals surface area (Å²) in [6.45, 7) is 0. The van der Waals surface area contributed by atoms with Crippen LogP contribution in [0, 0.1) is 0 Å². The van der Waals surface area contributed by atoms with Crippen LogP contribution < -0.4 is 10.6 Å². The molecule has 0 saturated carbocycles. The largest absolute Gasteiger partial charge is 0.508 e. The predicted molar refractivity (Wildman–Crippen MR) is 49.1 cm³/mol. The van der Waals surface area contributed by atoms with E-state index in [9.17, 15) is 18.0 Å². The molecular formula is C9H7F3N2O2. The molecule has 3 N–H and O–H groups in total. The molecule has 0 spiro atoms. The molecule has 86 valence electrons. The average molecular weight is 232 g/mol. The zero-order valence-corrected chi connectivity index (χ0v) is 7.80. The second-order valence-corrected chi connectivity index (χ2v) is 3.34. The van der Waals surface area contributed by atoms with E-state index in [4.69, 9.17) is 5.11 Å². The molecule has 4 nitrogen and oxygen atoms in total. The number of benzene rings is 1. The van der Waals surface area contributed by atoms with Gasteiger partial charge in [0.15, 0.2) is 6.04 Å². The van der Waals surface area contributed by atoms with E-state index < -0.39 is 18.2 Å². The molecular weight excluding hydrogens is 225 g/mol. The second kappa shape index (κ2) is 3.29. The number of carbonyl (C=O) groups is 1. The smallest absolute Gasteiger partial charge is 0.413 e. The van der Waals surface area contributed by atoms with Crippen molar-refractivity contribution in [2.24, 2.45) is 0 Å². The fourth-order valence-electron chi connectivity index (χ4n) is 1.53. The van der Waals surface area contributed by atoms with Crippen molar-refractivity contribution < 1.29 is 23.1 Å². The molecule has 0 saturated heterocycles. The maximum Gasteiger partial charge on any atom is 0.413 e. The highest BCUT2D eigenvalue weighted by Gasteiger charge is 2.45. The quantitative estimate of drug-likeness (QED) is 0.600. The lowest BCUT2D eigenvalue weighted by Gasteiger charge is -2.28. The number of fused-ring (bicyclic) bond motifs is 1. The molecule has 1 heterocycles. The number of carbonyl (C=O) groups excluding carboxylic acids is 1. The minimum Gasteiger partial charge on any atom is -0.508 e. The lowest BCUT2D eigenvalue weighted by Crippen LogP contribution is -2.44. The van der Waals surface area contributed by atoms with Crippen molar-refractivity contribution in [2.45, 2.75) is 12.2 Å². The molecule has 1 aromatic carbocycles. The third-order valence-corrected chi connectivity index (χ3v) is 2.20. The first kappa shape index (κ1) is 10.6. The number of halogens is 3. The molecule has 0 aromatic heterocycles. The number of alkyl halides is 3. The number of urea groups is 1. The number of phenols is 1. The van der Waals surface area contributed by atoms with E-state index in [1.807, 2.05) is 0 Å². The van der Waals surface area contributed by atoms with E-state index in [-0.39, 0.29) is 17.0 Å². The number of hydrogen-bond acceptors (Lipinski definition) is 2. The Balaban J connectivity index is 2.52. The van der Waals surface area contributed by atoms with Crippen LogP contribution in [0.2, 0.25) is 0 Å². The molecule has 1 aliphatic heterocycles. The van der Waals surface area contributed by atoms with Gasteiger partial charge in [-0.2, -0.15) is 13.2 Å². The van der Waals surface area contributed by atoms with Gasteiger partial charge < -0.3 is 15.7 Å². The van der Waals surface area contributed by atoms with Gasteiger partial charge >= 0.3 is 12.2 Å². The van der Waals surface area contributed by atoms with E-state index >= 15 is 0 Å². The fraction of sp³-hybridized carbons (Fsp3) is 0.222. The Labute approximate surface area is 88.1 Å². The van der Waals surface area contributed by atoms with Gasteiger partial charge in [0.2, 0.25) is 0 Å². The van der Waals surface area contributed by atoms with Crippen LogP contribution in [-0.2, 0) is 0 Å². The van der Waals surface area contributed by atoms with Crippen molar-refractivity contribution in [3.8, 4) is 5.75 Å². The first-order chi connectivity index (χ1) is 7.38. The first-order valence-electron chi connectivity index (χ1n) is 4.35. The Morgan fingerprint density at radius 2 is 2.00 bits per heavy atom. The minimum atomic E-state index is -4.60. The van der Waals surface area contributed by atoms with Gasteiger partial charge in [0.05, 0.1) is 0 Å². The number of amides is 2. The Morgan fingerprint density at radius 1 is 1.31 bits per heavy atom. The van der Waals surface area contributed by atoms with Crippen molar-refractivity contribution in [3.05, 3.63) is 23.8 Å². The maximum absolute atomic E-state index is 12.6. The highest BCUT2D eigenvalue weighted by molar-refractivity contribution is 5.93. The van der Waals surface area contributed by atoms with Gasteiger partial charge in [0, 0.05) is 11.3 Å². The number of hydrogen-bond donors (Lipinski definition) is 3. The summed E-state index contributed by atoms with van der Waals surface area (Å²) >= 11 is 0. The molecule has 16 heavy (non-hydrogen) atoms. The third kappa shape index (κ3) is 1.75. The average Bonchev–Trinajstić information content (AvgIpc) is 2.16. The zero-order chi connectivity index (χ0) is 11.9. The summed E-state index contributed by atoms with van der Waals surface area (Å²) in [6, 6.07) is 0.392. The SMILES string of the molecule is O=C1Nc2ccc(O)cc2C(C(F)(F)F)N1. The number of anilines is 1. The van der Waals surface area contributed by atoms with Gasteiger partial charge in [-0.1, -0.05) is 0 Å². The second-order valence-electron chi connectivity index (χ2n) is 3.34. The molecule has 1 aromatic rings. The molecule has 1 atom stereocenters. The van der Waals surface area contributed by atoms with E-state index in [0.29, 0.717) is 0 Å². The van der Waals surface area contributed by atoms with E-state index in [0.717, 1.165) is 6.07 Å². The van der Waals surface area contributed by atoms with Crippen molar-refractivity contribution in [1.29, 1.82) is 0 Å². The summed E-state index contributed by atoms with van der Waals surface area (Å²) < 4.78 is 37.8. The van der Waals surface area contributed by atoms with Crippen LogP contribution in [-0.4, -0.2) is 17.3 Å². The molecule has 0 aliphatic carbocycles. The summed E-state index contributed by atoms with van der Waals surface area (Å²) in [5, 5.41) is 13.1. The number of nitrogens with one attached hydrogen (secondary N) is 2. The van der Waals surface area contributed by atoms with Gasteiger partial charge in [-0.3, -0.25) is 0 Å². The normalized spacial score (nSPS) is 19.7. The van der Waals surface area contributed by atoms with Gasteiger partial charge in [0.25, 0.3) is 0 Å². The van der Waals surface area contributed by atoms with Crippen LogP contribution in [0.1, 0.15) is 11.6 Å². The third-order valence-electron chi connectivity index (χ3n) is 2.20. The molecule has 1 unspecified atom stereocenters. The maximum atomic E-state index is 12.6. The fourth-order valence-corrected chi connectivity index (χ4v) is 1.53. The van der Waals surface area contributed by atoms with Crippen LogP contribution >= 0.6 is 0 Å². The number of rotatable bonds is 0. The van der Waals surface area contributed by atoms with Crippen LogP contribution in [0.3, 0.4) is 0 Å². The van der Waals surface area contributed by atoms with Crippen LogP contribution in [0.5, 0.6) is 5.75 Å². The van der Waals surface area contributed by atoms with Crippen LogP contribution in [0.4, 0.5) is 23.7 Å². The zero-order valence-electron chi connectivity index (χ0n) is 7.80. The summed E-state index contributed by atoms with van der Waals surface area (Å²) in [6.07, 6.45) is -4.60. The first-order valence-corrected chi connectivity index (χ1v) is 4.35. The summed E-state index contributed by atoms with van der Waals surface area (Å²) in [5.74, 6) is -0.286. The highest BCUT2D eigenvalue weighted by atomic mass is 19.4. The Morgan fingerprint density at radius 3 is 2.62 bits per heavy atom. The molecule has 0 fully saturated rings. The number of phenolic OH excluding ortho intramolecular Hbond substituents is 1. The highest BCUT2D eigenvalue weighted by Crippen LogP contribution is 2.39. The van der Waals surface area contributed by atoms with E-state index in [2.05, 4.69) is 5.32 Å². The molecule has 1 aliphatic rings. The van der Waals surface area contributed by atoms with Gasteiger partial charge in [0.1, 0.15) is 5.75 Å². The Bertz CT molecular complexity index is 445. The van der Waals surface area contributed by atoms with Crippen molar-refractivity contribution in [1.82, 2.24) is 5.32 Å². The minimum absolute atomic E-state index is 0.0453. The molecule has 7 heteroatoms. The predicted octanol–water partition coefficient (Wildman–Crippen LogP) is 2.13. The van der Waals surface area contributed by atoms with Gasteiger partial charge in [-0.05, 0) is 18.2 Å². The monoisotopic (exact) mass is 232 g/mol. The van der Waals surface area contributed by atoms with Crippen LogP contribution in [0.25, 0.3) is 0 Å². The summed E-state index contributed by atoms with van der Waals surface area (Å²) in [5.41, 5.74) is -0.157. The summed E-state index contributed by atoms with van der Waals surface area (Å²) in [4.78, 5) is 11.0. The topological polar surface area (TPSA) is 61.4 Å². The lowest BCUT2D eigenvalue weighted by atomic mass is 10.0. The summed E-state index contributed by atoms with van der Waals surface area (Å²) in [7, 11) is 0. The Hall–Kier alpha value is -1.92. The molecule has 2 rings (SSSR count). The standard InChI is InChI=1S/C9H7F3N2O2/c10-9(11,12)7-5-3-4(15)1-2-6(5)13-8(16)14-7/h1-3,7,15H,(H2,13,14,16). The van der Waals surface area contributed by atoms with Crippen LogP contribution in [0.15, 0.2) is 18.2 Å². The van der Waals surface area contributed by atoms with Crippen molar-refractivity contribution in [2.75, 3.05) is 5.32 Å². The lowest BCUT2D eigenvalue weighted by molar-refractivity contribution is -0.155. The van der Waals surface area contributed by atoms with Gasteiger partial charge in [-0.15, -0.1) is 0 Å². The van der Waals surface area contributed by atoms with E-state index in [1.54, 1.807) is 5.32 Å². The van der Waals surface area contributed by atoms with Crippen molar-refractivity contribution in [3.63, 3.8) is 0 Å². The molecule has 0 bridgehead atoms. The van der Waals surface area contributed by atoms with Crippen molar-refractivity contribution >= 4 is 11.7 Å². The van der Waals surface area contributed by atoms with E-state index in [1.165, 1.54) is 12.1 Å². The van der Waals surface area contributed by atoms with Gasteiger partial charge in [-0.25, -0.2) is 4.79 Å². The molecule has 0 radical (unpaired) electrons. The number of aromatic hydroxyl groups is 1. The molecule has 2 amide bonds. The Kier molecular flexibility index (Phi) is 2.18.